The fourth-order valence-corrected chi connectivity index (χ4v) is 1.17. The summed E-state index contributed by atoms with van der Waals surface area (Å²) >= 11 is 0. The van der Waals surface area contributed by atoms with Crippen LogP contribution in [0.3, 0.4) is 0 Å². The minimum Gasteiger partial charge on any atom is -0.308 e. The second-order valence-corrected chi connectivity index (χ2v) is 3.31. The number of nitrogens with zero attached hydrogens (tertiary/aromatic N) is 4. The van der Waals surface area contributed by atoms with Crippen LogP contribution in [0.25, 0.3) is 0 Å². The lowest BCUT2D eigenvalue weighted by molar-refractivity contribution is -0.141. The maximum absolute atomic E-state index is 12.2. The van der Waals surface area contributed by atoms with Gasteiger partial charge in [0.15, 0.2) is 5.82 Å². The minimum absolute atomic E-state index is 0.159. The SMILES string of the molecule is O=C(Cn1cncn1)Nc1cc(C(F)(F)F)[nH]n1. The molecule has 2 N–H and O–H groups in total. The number of aromatic amines is 1. The van der Waals surface area contributed by atoms with E-state index >= 15 is 0 Å². The number of nitrogens with one attached hydrogen (secondary N) is 2. The molecule has 0 aliphatic carbocycles. The number of rotatable bonds is 3. The maximum Gasteiger partial charge on any atom is 0.432 e. The highest BCUT2D eigenvalue weighted by atomic mass is 19.4. The summed E-state index contributed by atoms with van der Waals surface area (Å²) in [6.07, 6.45) is -1.98. The van der Waals surface area contributed by atoms with Crippen LogP contribution in [0.2, 0.25) is 0 Å². The van der Waals surface area contributed by atoms with E-state index in [-0.39, 0.29) is 12.4 Å². The van der Waals surface area contributed by atoms with E-state index in [1.165, 1.54) is 17.3 Å². The van der Waals surface area contributed by atoms with Gasteiger partial charge in [0, 0.05) is 6.07 Å². The Hall–Kier alpha value is -2.39. The molecule has 0 saturated heterocycles. The molecule has 0 bridgehead atoms. The number of hydrogen-bond donors (Lipinski definition) is 2. The van der Waals surface area contributed by atoms with Crippen molar-refractivity contribution in [3.63, 3.8) is 0 Å². The lowest BCUT2D eigenvalue weighted by Gasteiger charge is -2.01. The van der Waals surface area contributed by atoms with Crippen molar-refractivity contribution in [3.05, 3.63) is 24.4 Å². The number of anilines is 1. The summed E-state index contributed by atoms with van der Waals surface area (Å²) in [5.74, 6) is -0.756. The predicted molar refractivity (Wildman–Crippen MR) is 52.2 cm³/mol. The highest BCUT2D eigenvalue weighted by Crippen LogP contribution is 2.28. The molecule has 18 heavy (non-hydrogen) atoms. The Morgan fingerprint density at radius 1 is 1.50 bits per heavy atom. The van der Waals surface area contributed by atoms with Gasteiger partial charge in [-0.15, -0.1) is 0 Å². The molecule has 0 fully saturated rings. The topological polar surface area (TPSA) is 88.5 Å². The molecule has 2 rings (SSSR count). The summed E-state index contributed by atoms with van der Waals surface area (Å²) in [6, 6.07) is 0.708. The Morgan fingerprint density at radius 2 is 2.28 bits per heavy atom. The summed E-state index contributed by atoms with van der Waals surface area (Å²) in [7, 11) is 0. The summed E-state index contributed by atoms with van der Waals surface area (Å²) in [4.78, 5) is 15.0. The zero-order valence-electron chi connectivity index (χ0n) is 8.77. The number of halogens is 3. The first-order valence-electron chi connectivity index (χ1n) is 4.70. The van der Waals surface area contributed by atoms with Crippen molar-refractivity contribution in [2.45, 2.75) is 12.7 Å². The number of carbonyl (C=O) groups excluding carboxylic acids is 1. The predicted octanol–water partition coefficient (Wildman–Crippen LogP) is 0.659. The van der Waals surface area contributed by atoms with Gasteiger partial charge in [-0.05, 0) is 0 Å². The molecular weight excluding hydrogens is 253 g/mol. The number of aromatic nitrogens is 5. The van der Waals surface area contributed by atoms with Crippen LogP contribution in [-0.4, -0.2) is 30.9 Å². The second-order valence-electron chi connectivity index (χ2n) is 3.31. The third-order valence-electron chi connectivity index (χ3n) is 1.92. The molecule has 0 aliphatic heterocycles. The molecule has 7 nitrogen and oxygen atoms in total. The lowest BCUT2D eigenvalue weighted by atomic mass is 10.4. The molecule has 0 aromatic carbocycles. The third-order valence-corrected chi connectivity index (χ3v) is 1.92. The first-order valence-corrected chi connectivity index (χ1v) is 4.70. The minimum atomic E-state index is -4.53. The van der Waals surface area contributed by atoms with E-state index in [9.17, 15) is 18.0 Å². The van der Waals surface area contributed by atoms with E-state index in [0.29, 0.717) is 6.07 Å². The number of amides is 1. The maximum atomic E-state index is 12.2. The summed E-state index contributed by atoms with van der Waals surface area (Å²) in [5, 5.41) is 11.0. The number of alkyl halides is 3. The van der Waals surface area contributed by atoms with Gasteiger partial charge in [-0.2, -0.15) is 23.4 Å². The molecule has 2 aromatic heterocycles. The number of H-pyrrole nitrogens is 1. The number of hydrogen-bond acceptors (Lipinski definition) is 4. The molecule has 0 spiro atoms. The Kier molecular flexibility index (Phi) is 3.00. The van der Waals surface area contributed by atoms with Crippen molar-refractivity contribution in [2.75, 3.05) is 5.32 Å². The lowest BCUT2D eigenvalue weighted by Crippen LogP contribution is -2.19. The van der Waals surface area contributed by atoms with Crippen molar-refractivity contribution in [3.8, 4) is 0 Å². The fourth-order valence-electron chi connectivity index (χ4n) is 1.17. The highest BCUT2D eigenvalue weighted by molar-refractivity contribution is 5.89. The van der Waals surface area contributed by atoms with Crippen molar-refractivity contribution < 1.29 is 18.0 Å². The zero-order valence-corrected chi connectivity index (χ0v) is 8.77. The molecule has 10 heteroatoms. The van der Waals surface area contributed by atoms with Gasteiger partial charge in [-0.3, -0.25) is 9.89 Å². The van der Waals surface area contributed by atoms with Gasteiger partial charge in [0.05, 0.1) is 0 Å². The molecule has 2 heterocycles. The van der Waals surface area contributed by atoms with Crippen molar-refractivity contribution in [1.82, 2.24) is 25.0 Å². The average molecular weight is 260 g/mol. The summed E-state index contributed by atoms with van der Waals surface area (Å²) in [6.45, 7) is -0.159. The molecule has 0 radical (unpaired) electrons. The summed E-state index contributed by atoms with van der Waals surface area (Å²) in [5.41, 5.74) is -1.03. The van der Waals surface area contributed by atoms with E-state index < -0.39 is 17.8 Å². The van der Waals surface area contributed by atoms with E-state index in [1.807, 2.05) is 0 Å². The standard InChI is InChI=1S/C8H7F3N6O/c9-8(10,11)5-1-6(16-15-5)14-7(18)2-17-4-12-3-13-17/h1,3-4H,2H2,(H2,14,15,16,18). The molecule has 0 unspecified atom stereocenters. The van der Waals surface area contributed by atoms with Crippen LogP contribution in [0.4, 0.5) is 19.0 Å². The summed E-state index contributed by atoms with van der Waals surface area (Å²) < 4.78 is 37.9. The zero-order chi connectivity index (χ0) is 13.2. The quantitative estimate of drug-likeness (QED) is 0.848. The van der Waals surface area contributed by atoms with Gasteiger partial charge >= 0.3 is 6.18 Å². The van der Waals surface area contributed by atoms with Gasteiger partial charge < -0.3 is 5.32 Å². The van der Waals surface area contributed by atoms with Crippen molar-refractivity contribution >= 4 is 11.7 Å². The molecular formula is C8H7F3N6O. The number of carbonyl (C=O) groups is 1. The van der Waals surface area contributed by atoms with Crippen molar-refractivity contribution in [1.29, 1.82) is 0 Å². The third kappa shape index (κ3) is 2.84. The van der Waals surface area contributed by atoms with E-state index in [1.54, 1.807) is 5.10 Å². The first-order chi connectivity index (χ1) is 8.45. The molecule has 0 saturated carbocycles. The Morgan fingerprint density at radius 3 is 2.83 bits per heavy atom. The van der Waals surface area contributed by atoms with E-state index in [4.69, 9.17) is 0 Å². The highest BCUT2D eigenvalue weighted by Gasteiger charge is 2.33. The van der Waals surface area contributed by atoms with E-state index in [2.05, 4.69) is 20.5 Å². The molecule has 96 valence electrons. The van der Waals surface area contributed by atoms with Crippen LogP contribution < -0.4 is 5.32 Å². The van der Waals surface area contributed by atoms with Crippen molar-refractivity contribution in [2.24, 2.45) is 0 Å². The van der Waals surface area contributed by atoms with Crippen LogP contribution in [0.15, 0.2) is 18.7 Å². The van der Waals surface area contributed by atoms with Gasteiger partial charge in [0.1, 0.15) is 24.9 Å². The van der Waals surface area contributed by atoms with Gasteiger partial charge in [0.25, 0.3) is 0 Å². The van der Waals surface area contributed by atoms with Crippen LogP contribution >= 0.6 is 0 Å². The fraction of sp³-hybridized carbons (Fsp3) is 0.250. The first kappa shape index (κ1) is 12.1. The van der Waals surface area contributed by atoms with Crippen LogP contribution in [0.5, 0.6) is 0 Å². The largest absolute Gasteiger partial charge is 0.432 e. The Labute approximate surface area is 98.0 Å². The normalized spacial score (nSPS) is 11.5. The molecule has 0 aliphatic rings. The van der Waals surface area contributed by atoms with Gasteiger partial charge in [-0.25, -0.2) is 9.67 Å². The second kappa shape index (κ2) is 4.47. The van der Waals surface area contributed by atoms with Crippen LogP contribution in [0.1, 0.15) is 5.69 Å². The smallest absolute Gasteiger partial charge is 0.308 e. The molecule has 2 aromatic rings. The monoisotopic (exact) mass is 260 g/mol. The average Bonchev–Trinajstić information content (AvgIpc) is 2.87. The molecule has 0 atom stereocenters. The van der Waals surface area contributed by atoms with Crippen LogP contribution in [0, 0.1) is 0 Å². The van der Waals surface area contributed by atoms with Crippen LogP contribution in [-0.2, 0) is 17.5 Å². The molecule has 1 amide bonds. The van der Waals surface area contributed by atoms with Gasteiger partial charge in [-0.1, -0.05) is 0 Å². The van der Waals surface area contributed by atoms with E-state index in [0.717, 1.165) is 0 Å². The Balaban J connectivity index is 1.97. The van der Waals surface area contributed by atoms with Gasteiger partial charge in [0.2, 0.25) is 5.91 Å². The Bertz CT molecular complexity index is 531.